The van der Waals surface area contributed by atoms with Crippen molar-refractivity contribution in [1.82, 2.24) is 0 Å². The van der Waals surface area contributed by atoms with Crippen molar-refractivity contribution in [3.05, 3.63) is 29.6 Å². The molecule has 0 aliphatic heterocycles. The van der Waals surface area contributed by atoms with E-state index in [1.165, 1.54) is 12.1 Å². The topological polar surface area (TPSA) is 70.0 Å². The number of sulfone groups is 1. The molecule has 0 aliphatic rings. The van der Waals surface area contributed by atoms with Crippen LogP contribution in [0.2, 0.25) is 0 Å². The van der Waals surface area contributed by atoms with E-state index in [1.807, 2.05) is 6.07 Å². The first-order valence-electron chi connectivity index (χ1n) is 5.62. The average Bonchev–Trinajstić information content (AvgIpc) is 2.36. The summed E-state index contributed by atoms with van der Waals surface area (Å²) < 4.78 is 35.4. The van der Waals surface area contributed by atoms with Crippen LogP contribution >= 0.6 is 0 Å². The van der Waals surface area contributed by atoms with Crippen LogP contribution in [0.1, 0.15) is 18.9 Å². The van der Waals surface area contributed by atoms with Gasteiger partial charge in [-0.15, -0.1) is 0 Å². The van der Waals surface area contributed by atoms with Crippen LogP contribution in [-0.4, -0.2) is 26.5 Å². The van der Waals surface area contributed by atoms with Gasteiger partial charge in [0, 0.05) is 12.3 Å². The minimum Gasteiger partial charge on any atom is -0.384 e. The van der Waals surface area contributed by atoms with E-state index >= 15 is 0 Å². The van der Waals surface area contributed by atoms with Crippen LogP contribution in [0.15, 0.2) is 18.2 Å². The highest BCUT2D eigenvalue weighted by molar-refractivity contribution is 7.91. The summed E-state index contributed by atoms with van der Waals surface area (Å²) >= 11 is 0. The van der Waals surface area contributed by atoms with Gasteiger partial charge in [0.05, 0.1) is 17.0 Å². The molecule has 0 unspecified atom stereocenters. The van der Waals surface area contributed by atoms with Gasteiger partial charge in [0.1, 0.15) is 21.7 Å². The number of halogens is 1. The maximum absolute atomic E-state index is 12.9. The summed E-state index contributed by atoms with van der Waals surface area (Å²) in [5.74, 6) is -0.224. The van der Waals surface area contributed by atoms with Crippen LogP contribution in [0.4, 0.5) is 10.1 Å². The average molecular weight is 270 g/mol. The first kappa shape index (κ1) is 14.5. The Morgan fingerprint density at radius 1 is 1.44 bits per heavy atom. The third-order valence-electron chi connectivity index (χ3n) is 2.49. The highest BCUT2D eigenvalue weighted by Gasteiger charge is 2.07. The van der Waals surface area contributed by atoms with Gasteiger partial charge in [-0.2, -0.15) is 5.26 Å². The fourth-order valence-electron chi connectivity index (χ4n) is 1.42. The zero-order valence-electron chi connectivity index (χ0n) is 10.1. The van der Waals surface area contributed by atoms with Crippen molar-refractivity contribution in [3.8, 4) is 6.07 Å². The molecule has 18 heavy (non-hydrogen) atoms. The first-order valence-corrected chi connectivity index (χ1v) is 7.44. The summed E-state index contributed by atoms with van der Waals surface area (Å²) in [6.45, 7) is 2.04. The van der Waals surface area contributed by atoms with Gasteiger partial charge in [-0.25, -0.2) is 12.8 Å². The predicted octanol–water partition coefficient (Wildman–Crippen LogP) is 1.93. The van der Waals surface area contributed by atoms with Crippen molar-refractivity contribution in [2.45, 2.75) is 13.3 Å². The molecule has 6 heteroatoms. The van der Waals surface area contributed by atoms with Crippen molar-refractivity contribution >= 4 is 15.5 Å². The van der Waals surface area contributed by atoms with Crippen LogP contribution in [0.25, 0.3) is 0 Å². The Balaban J connectivity index is 2.53. The number of nitrogens with one attached hydrogen (secondary N) is 1. The molecule has 0 bridgehead atoms. The summed E-state index contributed by atoms with van der Waals surface area (Å²) in [7, 11) is -2.96. The Hall–Kier alpha value is -1.61. The monoisotopic (exact) mass is 270 g/mol. The molecule has 98 valence electrons. The van der Waals surface area contributed by atoms with Crippen LogP contribution < -0.4 is 5.32 Å². The van der Waals surface area contributed by atoms with Gasteiger partial charge in [-0.1, -0.05) is 6.92 Å². The molecule has 0 fully saturated rings. The zero-order chi connectivity index (χ0) is 13.6. The fraction of sp³-hybridized carbons (Fsp3) is 0.417. The van der Waals surface area contributed by atoms with Crippen LogP contribution in [0, 0.1) is 17.1 Å². The Morgan fingerprint density at radius 2 is 2.17 bits per heavy atom. The summed E-state index contributed by atoms with van der Waals surface area (Å²) in [5, 5.41) is 11.7. The Kier molecular flexibility index (Phi) is 5.10. The lowest BCUT2D eigenvalue weighted by Crippen LogP contribution is -2.13. The lowest BCUT2D eigenvalue weighted by Gasteiger charge is -2.08. The molecule has 0 heterocycles. The van der Waals surface area contributed by atoms with Crippen molar-refractivity contribution < 1.29 is 12.8 Å². The number of nitrogens with zero attached hydrogens (tertiary/aromatic N) is 1. The summed E-state index contributed by atoms with van der Waals surface area (Å²) in [6.07, 6.45) is 0.457. The maximum atomic E-state index is 12.9. The number of hydrogen-bond donors (Lipinski definition) is 1. The molecule has 0 aromatic heterocycles. The van der Waals surface area contributed by atoms with E-state index < -0.39 is 15.7 Å². The number of rotatable bonds is 6. The third kappa shape index (κ3) is 4.34. The summed E-state index contributed by atoms with van der Waals surface area (Å²) in [4.78, 5) is 0. The van der Waals surface area contributed by atoms with E-state index in [9.17, 15) is 12.8 Å². The highest BCUT2D eigenvalue weighted by atomic mass is 32.2. The lowest BCUT2D eigenvalue weighted by molar-refractivity contribution is 0.595. The summed E-state index contributed by atoms with van der Waals surface area (Å²) in [6, 6.07) is 5.76. The second kappa shape index (κ2) is 6.36. The van der Waals surface area contributed by atoms with Gasteiger partial charge in [-0.3, -0.25) is 0 Å². The van der Waals surface area contributed by atoms with Crippen LogP contribution in [-0.2, 0) is 9.84 Å². The van der Waals surface area contributed by atoms with E-state index in [2.05, 4.69) is 5.32 Å². The van der Waals surface area contributed by atoms with E-state index in [0.717, 1.165) is 6.07 Å². The molecule has 4 nitrogen and oxygen atoms in total. The molecule has 1 aromatic rings. The molecule has 1 aromatic carbocycles. The minimum atomic E-state index is -2.96. The van der Waals surface area contributed by atoms with Crippen molar-refractivity contribution in [3.63, 3.8) is 0 Å². The smallest absolute Gasteiger partial charge is 0.150 e. The number of hydrogen-bond acceptors (Lipinski definition) is 4. The molecular formula is C12H15FN2O2S. The van der Waals surface area contributed by atoms with Crippen LogP contribution in [0.3, 0.4) is 0 Å². The molecule has 1 rings (SSSR count). The summed E-state index contributed by atoms with van der Waals surface area (Å²) in [5.41, 5.74) is 0.737. The largest absolute Gasteiger partial charge is 0.384 e. The van der Waals surface area contributed by atoms with E-state index in [-0.39, 0.29) is 17.1 Å². The second-order valence-electron chi connectivity index (χ2n) is 3.82. The van der Waals surface area contributed by atoms with Gasteiger partial charge < -0.3 is 5.32 Å². The predicted molar refractivity (Wildman–Crippen MR) is 68.5 cm³/mol. The van der Waals surface area contributed by atoms with E-state index in [4.69, 9.17) is 5.26 Å². The third-order valence-corrected chi connectivity index (χ3v) is 4.28. The number of benzene rings is 1. The van der Waals surface area contributed by atoms with E-state index in [1.54, 1.807) is 6.92 Å². The molecule has 0 saturated heterocycles. The van der Waals surface area contributed by atoms with Crippen LogP contribution in [0.5, 0.6) is 0 Å². The van der Waals surface area contributed by atoms with Gasteiger partial charge in [0.2, 0.25) is 0 Å². The van der Waals surface area contributed by atoms with E-state index in [0.29, 0.717) is 18.7 Å². The SMILES string of the molecule is CCS(=O)(=O)CCCNc1ccc(F)cc1C#N. The molecule has 1 N–H and O–H groups in total. The lowest BCUT2D eigenvalue weighted by atomic mass is 10.2. The molecule has 0 spiro atoms. The Morgan fingerprint density at radius 3 is 2.78 bits per heavy atom. The minimum absolute atomic E-state index is 0.111. The van der Waals surface area contributed by atoms with Crippen molar-refractivity contribution in [2.75, 3.05) is 23.4 Å². The van der Waals surface area contributed by atoms with Crippen molar-refractivity contribution in [2.24, 2.45) is 0 Å². The molecule has 0 atom stereocenters. The van der Waals surface area contributed by atoms with Gasteiger partial charge in [-0.05, 0) is 24.6 Å². The highest BCUT2D eigenvalue weighted by Crippen LogP contribution is 2.15. The first-order chi connectivity index (χ1) is 8.48. The van der Waals surface area contributed by atoms with Gasteiger partial charge >= 0.3 is 0 Å². The Labute approximate surface area is 106 Å². The number of anilines is 1. The normalized spacial score (nSPS) is 10.9. The standard InChI is InChI=1S/C12H15FN2O2S/c1-2-18(16,17)7-3-6-15-12-5-4-11(13)8-10(12)9-14/h4-5,8,15H,2-3,6-7H2,1H3. The van der Waals surface area contributed by atoms with Gasteiger partial charge in [0.25, 0.3) is 0 Å². The molecule has 0 saturated carbocycles. The molecular weight excluding hydrogens is 255 g/mol. The molecule has 0 aliphatic carbocycles. The quantitative estimate of drug-likeness (QED) is 0.802. The van der Waals surface area contributed by atoms with Gasteiger partial charge in [0.15, 0.2) is 0 Å². The second-order valence-corrected chi connectivity index (χ2v) is 6.29. The van der Waals surface area contributed by atoms with Crippen molar-refractivity contribution in [1.29, 1.82) is 5.26 Å². The molecule has 0 radical (unpaired) electrons. The fourth-order valence-corrected chi connectivity index (χ4v) is 2.30. The maximum Gasteiger partial charge on any atom is 0.150 e. The molecule has 0 amide bonds. The Bertz CT molecular complexity index is 550. The zero-order valence-corrected chi connectivity index (χ0v) is 10.9. The number of nitriles is 1.